The molecule has 9 heteroatoms. The fourth-order valence-electron chi connectivity index (χ4n) is 2.16. The Morgan fingerprint density at radius 1 is 1.18 bits per heavy atom. The summed E-state index contributed by atoms with van der Waals surface area (Å²) in [4.78, 5) is 21.5. The Labute approximate surface area is 158 Å². The topological polar surface area (TPSA) is 81.5 Å². The summed E-state index contributed by atoms with van der Waals surface area (Å²) in [6, 6.07) is 11.2. The summed E-state index contributed by atoms with van der Waals surface area (Å²) < 4.78 is 43.9. The summed E-state index contributed by atoms with van der Waals surface area (Å²) in [5.41, 5.74) is -1.23. The number of rotatable bonds is 5. The minimum Gasteiger partial charge on any atom is -0.445 e. The molecule has 0 atom stereocenters. The molecule has 1 amide bonds. The highest BCUT2D eigenvalue weighted by molar-refractivity contribution is 5.67. The first kappa shape index (κ1) is 20.8. The second kappa shape index (κ2) is 9.41. The van der Waals surface area contributed by atoms with Crippen molar-refractivity contribution < 1.29 is 27.6 Å². The predicted octanol–water partition coefficient (Wildman–Crippen LogP) is 4.28. The molecule has 1 N–H and O–H groups in total. The molecule has 2 aromatic carbocycles. The molecule has 0 saturated heterocycles. The molecule has 146 valence electrons. The third-order valence-electron chi connectivity index (χ3n) is 3.47. The number of carbonyl (C=O) groups is 1. The van der Waals surface area contributed by atoms with Crippen molar-refractivity contribution in [1.29, 1.82) is 0 Å². The Balaban J connectivity index is 1.90. The van der Waals surface area contributed by atoms with Crippen molar-refractivity contribution in [2.24, 2.45) is 0 Å². The standard InChI is InChI=1S/C19H15F3N2O4/c20-19(21,22)17-10-9-16(24(26)27)12-15(17)8-4-5-11-23-18(25)28-13-14-6-2-1-3-7-14/h1-3,6-7,9-10,12H,5,11,13H2,(H,23,25). The van der Waals surface area contributed by atoms with Crippen LogP contribution in [0.2, 0.25) is 0 Å². The van der Waals surface area contributed by atoms with Crippen molar-refractivity contribution >= 4 is 11.8 Å². The van der Waals surface area contributed by atoms with Gasteiger partial charge in [-0.15, -0.1) is 0 Å². The maximum absolute atomic E-state index is 13.0. The van der Waals surface area contributed by atoms with Gasteiger partial charge in [-0.25, -0.2) is 4.79 Å². The number of alkyl halides is 3. The molecular formula is C19H15F3N2O4. The molecule has 0 saturated carbocycles. The van der Waals surface area contributed by atoms with E-state index in [0.717, 1.165) is 17.7 Å². The summed E-state index contributed by atoms with van der Waals surface area (Å²) >= 11 is 0. The van der Waals surface area contributed by atoms with Crippen molar-refractivity contribution in [3.8, 4) is 11.8 Å². The number of nitrogens with one attached hydrogen (secondary N) is 1. The average Bonchev–Trinajstić information content (AvgIpc) is 2.66. The van der Waals surface area contributed by atoms with Crippen LogP contribution in [0.1, 0.15) is 23.1 Å². The quantitative estimate of drug-likeness (QED) is 0.356. The van der Waals surface area contributed by atoms with Gasteiger partial charge in [0.05, 0.1) is 10.5 Å². The molecule has 6 nitrogen and oxygen atoms in total. The van der Waals surface area contributed by atoms with Gasteiger partial charge in [-0.3, -0.25) is 10.1 Å². The average molecular weight is 392 g/mol. The molecule has 0 heterocycles. The van der Waals surface area contributed by atoms with E-state index in [-0.39, 0.29) is 19.6 Å². The van der Waals surface area contributed by atoms with Crippen LogP contribution in [0.5, 0.6) is 0 Å². The van der Waals surface area contributed by atoms with Crippen LogP contribution < -0.4 is 5.32 Å². The monoisotopic (exact) mass is 392 g/mol. The van der Waals surface area contributed by atoms with E-state index in [0.29, 0.717) is 6.07 Å². The van der Waals surface area contributed by atoms with Crippen LogP contribution >= 0.6 is 0 Å². The molecule has 0 unspecified atom stereocenters. The van der Waals surface area contributed by atoms with Crippen LogP contribution in [-0.4, -0.2) is 17.6 Å². The zero-order chi connectivity index (χ0) is 20.6. The van der Waals surface area contributed by atoms with Crippen LogP contribution in [-0.2, 0) is 17.5 Å². The number of hydrogen-bond donors (Lipinski definition) is 1. The summed E-state index contributed by atoms with van der Waals surface area (Å²) in [5.74, 6) is 4.75. The number of nitrogens with zero attached hydrogens (tertiary/aromatic N) is 1. The van der Waals surface area contributed by atoms with Gasteiger partial charge in [0, 0.05) is 30.7 Å². The van der Waals surface area contributed by atoms with Gasteiger partial charge in [0.15, 0.2) is 0 Å². The first-order chi connectivity index (χ1) is 13.3. The number of nitro benzene ring substituents is 1. The Hall–Kier alpha value is -3.54. The lowest BCUT2D eigenvalue weighted by Gasteiger charge is -2.08. The Bertz CT molecular complexity index is 903. The second-order valence-electron chi connectivity index (χ2n) is 5.53. The van der Waals surface area contributed by atoms with E-state index in [1.807, 2.05) is 6.07 Å². The summed E-state index contributed by atoms with van der Waals surface area (Å²) in [7, 11) is 0. The number of ether oxygens (including phenoxy) is 1. The van der Waals surface area contributed by atoms with Gasteiger partial charge in [0.2, 0.25) is 0 Å². The molecule has 0 aliphatic heterocycles. The first-order valence-electron chi connectivity index (χ1n) is 8.06. The molecule has 0 radical (unpaired) electrons. The summed E-state index contributed by atoms with van der Waals surface area (Å²) in [6.45, 7) is 0.137. The highest BCUT2D eigenvalue weighted by atomic mass is 19.4. The third-order valence-corrected chi connectivity index (χ3v) is 3.47. The van der Waals surface area contributed by atoms with Crippen molar-refractivity contribution in [2.75, 3.05) is 6.54 Å². The molecule has 0 aliphatic rings. The zero-order valence-corrected chi connectivity index (χ0v) is 14.5. The fraction of sp³-hybridized carbons (Fsp3) is 0.211. The second-order valence-corrected chi connectivity index (χ2v) is 5.53. The van der Waals surface area contributed by atoms with Gasteiger partial charge in [-0.05, 0) is 11.6 Å². The molecule has 0 bridgehead atoms. The lowest BCUT2D eigenvalue weighted by Crippen LogP contribution is -2.24. The SMILES string of the molecule is O=C(NCCC#Cc1cc([N+](=O)[O-])ccc1C(F)(F)F)OCc1ccccc1. The van der Waals surface area contributed by atoms with Crippen LogP contribution in [0.15, 0.2) is 48.5 Å². The van der Waals surface area contributed by atoms with Crippen molar-refractivity contribution in [3.05, 3.63) is 75.3 Å². The molecule has 2 rings (SSSR count). The minimum atomic E-state index is -4.68. The molecule has 0 aromatic heterocycles. The number of benzene rings is 2. The molecule has 28 heavy (non-hydrogen) atoms. The summed E-state index contributed by atoms with van der Waals surface area (Å²) in [6.07, 6.45) is -5.32. The first-order valence-corrected chi connectivity index (χ1v) is 8.06. The predicted molar refractivity (Wildman–Crippen MR) is 94.2 cm³/mol. The van der Waals surface area contributed by atoms with Gasteiger partial charge in [-0.1, -0.05) is 42.2 Å². The summed E-state index contributed by atoms with van der Waals surface area (Å²) in [5, 5.41) is 13.2. The molecular weight excluding hydrogens is 377 g/mol. The largest absolute Gasteiger partial charge is 0.445 e. The number of halogens is 3. The van der Waals surface area contributed by atoms with Crippen LogP contribution in [0.3, 0.4) is 0 Å². The molecule has 0 fully saturated rings. The van der Waals surface area contributed by atoms with Crippen LogP contribution in [0.25, 0.3) is 0 Å². The minimum absolute atomic E-state index is 0.0421. The van der Waals surface area contributed by atoms with Crippen LogP contribution in [0.4, 0.5) is 23.7 Å². The van der Waals surface area contributed by atoms with Crippen molar-refractivity contribution in [3.63, 3.8) is 0 Å². The number of non-ortho nitro benzene ring substituents is 1. The lowest BCUT2D eigenvalue weighted by atomic mass is 10.1. The van der Waals surface area contributed by atoms with Gasteiger partial charge in [-0.2, -0.15) is 13.2 Å². The smallest absolute Gasteiger partial charge is 0.417 e. The van der Waals surface area contributed by atoms with Gasteiger partial charge < -0.3 is 10.1 Å². The van der Waals surface area contributed by atoms with E-state index in [2.05, 4.69) is 17.2 Å². The number of nitro groups is 1. The van der Waals surface area contributed by atoms with Crippen molar-refractivity contribution in [2.45, 2.75) is 19.2 Å². The number of hydrogen-bond acceptors (Lipinski definition) is 4. The van der Waals surface area contributed by atoms with E-state index >= 15 is 0 Å². The van der Waals surface area contributed by atoms with Gasteiger partial charge in [0.25, 0.3) is 5.69 Å². The molecule has 0 spiro atoms. The number of amides is 1. The van der Waals surface area contributed by atoms with E-state index in [4.69, 9.17) is 4.74 Å². The van der Waals surface area contributed by atoms with E-state index < -0.39 is 34.0 Å². The fourth-order valence-corrected chi connectivity index (χ4v) is 2.16. The molecule has 2 aromatic rings. The lowest BCUT2D eigenvalue weighted by molar-refractivity contribution is -0.384. The normalized spacial score (nSPS) is 10.5. The Kier molecular flexibility index (Phi) is 6.98. The molecule has 0 aliphatic carbocycles. The highest BCUT2D eigenvalue weighted by Gasteiger charge is 2.33. The zero-order valence-electron chi connectivity index (χ0n) is 14.5. The maximum atomic E-state index is 13.0. The van der Waals surface area contributed by atoms with E-state index in [1.165, 1.54) is 0 Å². The number of alkyl carbamates (subject to hydrolysis) is 1. The Morgan fingerprint density at radius 2 is 1.89 bits per heavy atom. The van der Waals surface area contributed by atoms with Gasteiger partial charge in [0.1, 0.15) is 6.61 Å². The van der Waals surface area contributed by atoms with E-state index in [1.54, 1.807) is 24.3 Å². The third kappa shape index (κ3) is 6.32. The maximum Gasteiger partial charge on any atom is 0.417 e. The Morgan fingerprint density at radius 3 is 2.54 bits per heavy atom. The van der Waals surface area contributed by atoms with Gasteiger partial charge >= 0.3 is 12.3 Å². The van der Waals surface area contributed by atoms with E-state index in [9.17, 15) is 28.1 Å². The highest BCUT2D eigenvalue weighted by Crippen LogP contribution is 2.33. The van der Waals surface area contributed by atoms with Crippen LogP contribution in [0, 0.1) is 22.0 Å². The van der Waals surface area contributed by atoms with Crippen molar-refractivity contribution in [1.82, 2.24) is 5.32 Å². The number of carbonyl (C=O) groups excluding carboxylic acids is 1.